The van der Waals surface area contributed by atoms with Gasteiger partial charge in [0.05, 0.1) is 36.5 Å². The summed E-state index contributed by atoms with van der Waals surface area (Å²) in [6.07, 6.45) is 1.26. The van der Waals surface area contributed by atoms with Gasteiger partial charge in [-0.25, -0.2) is 17.5 Å². The summed E-state index contributed by atoms with van der Waals surface area (Å²) >= 11 is 0. The zero-order valence-corrected chi connectivity index (χ0v) is 21.9. The summed E-state index contributed by atoms with van der Waals surface area (Å²) < 4.78 is 53.6. The number of methoxy groups -OCH3 is 1. The number of aromatic nitrogens is 2. The van der Waals surface area contributed by atoms with Gasteiger partial charge in [0.15, 0.2) is 15.5 Å². The Morgan fingerprint density at radius 2 is 1.89 bits per heavy atom. The smallest absolute Gasteiger partial charge is 0.274 e. The van der Waals surface area contributed by atoms with E-state index in [-0.39, 0.29) is 28.2 Å². The van der Waals surface area contributed by atoms with Crippen LogP contribution >= 0.6 is 0 Å². The van der Waals surface area contributed by atoms with Gasteiger partial charge >= 0.3 is 0 Å². The quantitative estimate of drug-likeness (QED) is 0.491. The van der Waals surface area contributed by atoms with Crippen LogP contribution < -0.4 is 0 Å². The second kappa shape index (κ2) is 9.88. The van der Waals surface area contributed by atoms with Crippen LogP contribution in [-0.2, 0) is 31.6 Å². The fourth-order valence-electron chi connectivity index (χ4n) is 5.55. The minimum Gasteiger partial charge on any atom is -0.380 e. The second-order valence-corrected chi connectivity index (χ2v) is 11.8. The van der Waals surface area contributed by atoms with Gasteiger partial charge in [-0.1, -0.05) is 24.3 Å². The maximum absolute atomic E-state index is 14.8. The van der Waals surface area contributed by atoms with E-state index in [1.807, 2.05) is 24.3 Å². The van der Waals surface area contributed by atoms with Gasteiger partial charge in [0.25, 0.3) is 5.91 Å². The molecule has 6 rings (SSSR count). The molecule has 9 nitrogen and oxygen atoms in total. The molecule has 200 valence electrons. The Bertz CT molecular complexity index is 1480. The maximum atomic E-state index is 14.8. The monoisotopic (exact) mass is 540 g/mol. The van der Waals surface area contributed by atoms with Gasteiger partial charge in [0.2, 0.25) is 0 Å². The Morgan fingerprint density at radius 3 is 2.61 bits per heavy atom. The standard InChI is InChI=1S/C27H29FN4O5S/c1-36-20-9-10-30(16-20)15-18-5-7-19(8-6-18)32-25-21-3-2-4-23(28)26(21)38(34,35)17-22(25)24(29-32)27(33)31-11-13-37-14-12-31/h2-8,20H,9-17H2,1H3. The van der Waals surface area contributed by atoms with Crippen molar-refractivity contribution in [1.29, 1.82) is 0 Å². The van der Waals surface area contributed by atoms with Crippen molar-refractivity contribution in [3.05, 3.63) is 65.1 Å². The summed E-state index contributed by atoms with van der Waals surface area (Å²) in [5, 5.41) is 4.66. The molecule has 0 N–H and O–H groups in total. The molecule has 0 spiro atoms. The topological polar surface area (TPSA) is 94.0 Å². The second-order valence-electron chi connectivity index (χ2n) is 9.92. The zero-order chi connectivity index (χ0) is 26.4. The summed E-state index contributed by atoms with van der Waals surface area (Å²) in [6, 6.07) is 12.0. The number of nitrogens with zero attached hydrogens (tertiary/aromatic N) is 4. The van der Waals surface area contributed by atoms with Gasteiger partial charge in [0, 0.05) is 51.0 Å². The van der Waals surface area contributed by atoms with Crippen molar-refractivity contribution < 1.29 is 27.1 Å². The van der Waals surface area contributed by atoms with Crippen molar-refractivity contribution in [3.8, 4) is 16.9 Å². The van der Waals surface area contributed by atoms with Crippen molar-refractivity contribution >= 4 is 15.7 Å². The van der Waals surface area contributed by atoms with Crippen LogP contribution in [0.2, 0.25) is 0 Å². The minimum atomic E-state index is -4.01. The zero-order valence-electron chi connectivity index (χ0n) is 21.1. The van der Waals surface area contributed by atoms with Crippen LogP contribution in [0.3, 0.4) is 0 Å². The van der Waals surface area contributed by atoms with E-state index in [1.165, 1.54) is 6.07 Å². The van der Waals surface area contributed by atoms with E-state index in [0.717, 1.165) is 37.7 Å². The highest BCUT2D eigenvalue weighted by atomic mass is 32.2. The molecule has 3 aliphatic heterocycles. The van der Waals surface area contributed by atoms with Gasteiger partial charge in [0.1, 0.15) is 10.7 Å². The van der Waals surface area contributed by atoms with E-state index in [4.69, 9.17) is 9.47 Å². The molecular weight excluding hydrogens is 511 g/mol. The highest BCUT2D eigenvalue weighted by molar-refractivity contribution is 7.91. The summed E-state index contributed by atoms with van der Waals surface area (Å²) in [6.45, 7) is 4.24. The third-order valence-electron chi connectivity index (χ3n) is 7.50. The summed E-state index contributed by atoms with van der Waals surface area (Å²) in [4.78, 5) is 17.1. The molecule has 1 unspecified atom stereocenters. The summed E-state index contributed by atoms with van der Waals surface area (Å²) in [5.41, 5.74) is 2.80. The van der Waals surface area contributed by atoms with Crippen LogP contribution in [0.4, 0.5) is 4.39 Å². The Balaban J connectivity index is 1.42. The number of rotatable bonds is 5. The lowest BCUT2D eigenvalue weighted by Gasteiger charge is -2.26. The molecule has 38 heavy (non-hydrogen) atoms. The van der Waals surface area contributed by atoms with Gasteiger partial charge in [-0.15, -0.1) is 0 Å². The molecule has 0 saturated carbocycles. The third kappa shape index (κ3) is 4.43. The SMILES string of the molecule is COC1CCN(Cc2ccc(-n3nc(C(=O)N4CCOCC4)c4c3-c3cccc(F)c3S(=O)(=O)C4)cc2)C1. The van der Waals surface area contributed by atoms with Crippen molar-refractivity contribution in [2.75, 3.05) is 46.5 Å². The van der Waals surface area contributed by atoms with Crippen molar-refractivity contribution in [1.82, 2.24) is 19.6 Å². The molecule has 11 heteroatoms. The minimum absolute atomic E-state index is 0.0761. The molecule has 3 aromatic rings. The first-order valence-corrected chi connectivity index (χ1v) is 14.4. The molecule has 1 amide bonds. The number of carbonyl (C=O) groups is 1. The average Bonchev–Trinajstić information content (AvgIpc) is 3.53. The number of ether oxygens (including phenoxy) is 2. The van der Waals surface area contributed by atoms with Gasteiger partial charge in [-0.3, -0.25) is 9.69 Å². The maximum Gasteiger partial charge on any atom is 0.274 e. The first-order valence-electron chi connectivity index (χ1n) is 12.7. The van der Waals surface area contributed by atoms with Crippen LogP contribution in [0.15, 0.2) is 47.4 Å². The van der Waals surface area contributed by atoms with Crippen LogP contribution in [0.1, 0.15) is 28.0 Å². The number of sulfone groups is 1. The molecule has 1 aromatic heterocycles. The number of fused-ring (bicyclic) bond motifs is 3. The largest absolute Gasteiger partial charge is 0.380 e. The number of amides is 1. The highest BCUT2D eigenvalue weighted by Gasteiger charge is 2.39. The Kier molecular flexibility index (Phi) is 6.55. The van der Waals surface area contributed by atoms with E-state index in [9.17, 15) is 17.6 Å². The fraction of sp³-hybridized carbons (Fsp3) is 0.407. The number of hydrogen-bond donors (Lipinski definition) is 0. The number of benzene rings is 2. The third-order valence-corrected chi connectivity index (χ3v) is 9.21. The van der Waals surface area contributed by atoms with Gasteiger partial charge in [-0.05, 0) is 30.2 Å². The Morgan fingerprint density at radius 1 is 1.13 bits per heavy atom. The predicted octanol–water partition coefficient (Wildman–Crippen LogP) is 2.66. The highest BCUT2D eigenvalue weighted by Crippen LogP contribution is 2.42. The number of carbonyl (C=O) groups excluding carboxylic acids is 1. The molecule has 1 atom stereocenters. The van der Waals surface area contributed by atoms with Crippen LogP contribution in [-0.4, -0.2) is 86.5 Å². The van der Waals surface area contributed by atoms with Gasteiger partial charge < -0.3 is 14.4 Å². The number of likely N-dealkylation sites (tertiary alicyclic amines) is 1. The van der Waals surface area contributed by atoms with E-state index in [2.05, 4.69) is 10.00 Å². The molecule has 2 saturated heterocycles. The molecule has 0 aliphatic carbocycles. The molecular formula is C27H29FN4O5S. The number of morpholine rings is 1. The van der Waals surface area contributed by atoms with Crippen LogP contribution in [0, 0.1) is 5.82 Å². The Labute approximate surface area is 220 Å². The van der Waals surface area contributed by atoms with E-state index in [1.54, 1.807) is 22.8 Å². The van der Waals surface area contributed by atoms with Crippen molar-refractivity contribution in [2.24, 2.45) is 0 Å². The number of halogens is 1. The lowest BCUT2D eigenvalue weighted by atomic mass is 10.0. The van der Waals surface area contributed by atoms with Crippen molar-refractivity contribution in [3.63, 3.8) is 0 Å². The van der Waals surface area contributed by atoms with Crippen LogP contribution in [0.25, 0.3) is 16.9 Å². The van der Waals surface area contributed by atoms with E-state index in [0.29, 0.717) is 43.2 Å². The summed E-state index contributed by atoms with van der Waals surface area (Å²) in [7, 11) is -2.27. The first kappa shape index (κ1) is 25.2. The molecule has 4 heterocycles. The lowest BCUT2D eigenvalue weighted by Crippen LogP contribution is -2.41. The number of hydrogen-bond acceptors (Lipinski definition) is 7. The fourth-order valence-corrected chi connectivity index (χ4v) is 7.21. The van der Waals surface area contributed by atoms with Crippen LogP contribution in [0.5, 0.6) is 0 Å². The predicted molar refractivity (Wildman–Crippen MR) is 137 cm³/mol. The normalized spacial score (nSPS) is 20.8. The lowest BCUT2D eigenvalue weighted by molar-refractivity contribution is 0.0298. The van der Waals surface area contributed by atoms with Gasteiger partial charge in [-0.2, -0.15) is 5.10 Å². The average molecular weight is 541 g/mol. The molecule has 3 aliphatic rings. The Hall–Kier alpha value is -3.12. The van der Waals surface area contributed by atoms with E-state index >= 15 is 0 Å². The summed E-state index contributed by atoms with van der Waals surface area (Å²) in [5.74, 6) is -1.65. The molecule has 0 radical (unpaired) electrons. The molecule has 0 bridgehead atoms. The van der Waals surface area contributed by atoms with Crippen molar-refractivity contribution in [2.45, 2.75) is 29.7 Å². The molecule has 2 aromatic carbocycles. The van der Waals surface area contributed by atoms with E-state index < -0.39 is 21.4 Å². The molecule has 2 fully saturated rings. The first-order chi connectivity index (χ1) is 18.4.